The van der Waals surface area contributed by atoms with Crippen LogP contribution in [0.4, 0.5) is 0 Å². The Balaban J connectivity index is 0.000000171. The van der Waals surface area contributed by atoms with Gasteiger partial charge in [-0.25, -0.2) is 0 Å². The molecule has 0 saturated heterocycles. The van der Waals surface area contributed by atoms with Crippen LogP contribution >= 0.6 is 0 Å². The predicted octanol–water partition coefficient (Wildman–Crippen LogP) is 1.38. The van der Waals surface area contributed by atoms with Crippen LogP contribution in [-0.2, 0) is 23.9 Å². The molecular weight excluding hydrogens is 364 g/mol. The molecule has 4 amide bonds. The van der Waals surface area contributed by atoms with Crippen molar-refractivity contribution >= 4 is 23.6 Å². The van der Waals surface area contributed by atoms with Gasteiger partial charge in [0.2, 0.25) is 0 Å². The summed E-state index contributed by atoms with van der Waals surface area (Å²) in [4.78, 5) is 46.4. The molecule has 0 radical (unpaired) electrons. The zero-order chi connectivity index (χ0) is 20.6. The van der Waals surface area contributed by atoms with Crippen LogP contribution in [0.2, 0.25) is 0 Å². The minimum Gasteiger partial charge on any atom is -0.470 e. The average Bonchev–Trinajstić information content (AvgIpc) is 3.45. The van der Waals surface area contributed by atoms with E-state index in [0.29, 0.717) is 11.1 Å². The van der Waals surface area contributed by atoms with Crippen molar-refractivity contribution in [3.63, 3.8) is 0 Å². The van der Waals surface area contributed by atoms with Gasteiger partial charge in [0.1, 0.15) is 17.5 Å². The monoisotopic (exact) mass is 387 g/mol. The number of fused-ring (bicyclic) bond motifs is 4. The molecule has 0 aliphatic carbocycles. The summed E-state index contributed by atoms with van der Waals surface area (Å²) >= 11 is 0. The fourth-order valence-corrected chi connectivity index (χ4v) is 3.15. The minimum absolute atomic E-state index is 0. The Morgan fingerprint density at radius 1 is 1.04 bits per heavy atom. The number of hydrogen-bond acceptors (Lipinski definition) is 6. The molecule has 0 aromatic carbocycles. The number of hydrogen-bond donors (Lipinski definition) is 0. The maximum atomic E-state index is 11.7. The molecule has 0 spiro atoms. The van der Waals surface area contributed by atoms with E-state index in [2.05, 4.69) is 0 Å². The van der Waals surface area contributed by atoms with E-state index in [1.54, 1.807) is 6.26 Å². The standard InChI is InChI=1S/C10H9NO3.C5H5NO2.C5H6O.H2/c1-10-4-3-5(14-10)6-7(10)9(13)11(2)8(6)12;1-6-4(7)2-3-5(6)8;1-5-3-2-4-6-5;/h3-5H,1-2H3;2-3H,1H3;2-4H,1H3;1H/i;;;1+1. The molecule has 4 aliphatic rings. The molecule has 2 atom stereocenters. The lowest BCUT2D eigenvalue weighted by atomic mass is 9.90. The summed E-state index contributed by atoms with van der Waals surface area (Å²) in [5.41, 5.74) is 0.386. The number of imide groups is 2. The fraction of sp³-hybridized carbons (Fsp3) is 0.300. The highest BCUT2D eigenvalue weighted by molar-refractivity contribution is 6.22. The molecule has 4 aliphatic heterocycles. The highest BCUT2D eigenvalue weighted by atomic mass is 16.5. The van der Waals surface area contributed by atoms with Crippen LogP contribution in [0.3, 0.4) is 0 Å². The molecule has 148 valence electrons. The topological polar surface area (TPSA) is 97.1 Å². The van der Waals surface area contributed by atoms with Crippen molar-refractivity contribution in [3.8, 4) is 0 Å². The van der Waals surface area contributed by atoms with Gasteiger partial charge >= 0.3 is 0 Å². The number of rotatable bonds is 0. The summed E-state index contributed by atoms with van der Waals surface area (Å²) in [6.07, 6.45) is 7.54. The number of aryl methyl sites for hydroxylation is 1. The maximum Gasteiger partial charge on any atom is 0.260 e. The molecule has 5 heterocycles. The Morgan fingerprint density at radius 2 is 1.68 bits per heavy atom. The van der Waals surface area contributed by atoms with Crippen molar-refractivity contribution in [2.75, 3.05) is 14.1 Å². The van der Waals surface area contributed by atoms with E-state index in [1.807, 2.05) is 38.1 Å². The number of carbonyl (C=O) groups excluding carboxylic acids is 4. The molecule has 8 heteroatoms. The predicted molar refractivity (Wildman–Crippen MR) is 99.7 cm³/mol. The van der Waals surface area contributed by atoms with Gasteiger partial charge in [0.05, 0.1) is 17.4 Å². The molecule has 2 unspecified atom stereocenters. The van der Waals surface area contributed by atoms with E-state index in [0.717, 1.165) is 15.6 Å². The Bertz CT molecular complexity index is 928. The number of nitrogens with zero attached hydrogens (tertiary/aromatic N) is 2. The van der Waals surface area contributed by atoms with Crippen LogP contribution in [0.1, 0.15) is 14.1 Å². The van der Waals surface area contributed by atoms with E-state index < -0.39 is 5.60 Å². The molecule has 0 N–H and O–H groups in total. The van der Waals surface area contributed by atoms with Gasteiger partial charge in [0.15, 0.2) is 0 Å². The van der Waals surface area contributed by atoms with E-state index in [4.69, 9.17) is 9.15 Å². The summed E-state index contributed by atoms with van der Waals surface area (Å²) in [6.45, 7) is 3.73. The Morgan fingerprint density at radius 3 is 2.07 bits per heavy atom. The lowest BCUT2D eigenvalue weighted by Crippen LogP contribution is -2.35. The first kappa shape index (κ1) is 19.5. The second kappa shape index (κ2) is 7.05. The fourth-order valence-electron chi connectivity index (χ4n) is 3.15. The Kier molecular flexibility index (Phi) is 4.91. The Hall–Kier alpha value is -3.26. The first-order chi connectivity index (χ1) is 13.2. The van der Waals surface area contributed by atoms with Crippen molar-refractivity contribution in [1.29, 1.82) is 0 Å². The molecule has 5 rings (SSSR count). The molecular formula is C20H22N2O6. The number of amides is 4. The summed E-state index contributed by atoms with van der Waals surface area (Å²) in [6, 6.07) is 3.79. The maximum absolute atomic E-state index is 11.7. The summed E-state index contributed by atoms with van der Waals surface area (Å²) in [5, 5.41) is 0. The lowest BCUT2D eigenvalue weighted by molar-refractivity contribution is -0.138. The van der Waals surface area contributed by atoms with Crippen molar-refractivity contribution in [3.05, 3.63) is 59.6 Å². The van der Waals surface area contributed by atoms with Crippen molar-refractivity contribution in [1.82, 2.24) is 9.80 Å². The normalized spacial score (nSPS) is 26.6. The van der Waals surface area contributed by atoms with Crippen LogP contribution in [0.5, 0.6) is 0 Å². The zero-order valence-electron chi connectivity index (χ0n) is 16.0. The number of likely N-dealkylation sites (N-methyl/N-ethyl adjacent to an activating group) is 2. The molecule has 8 nitrogen and oxygen atoms in total. The summed E-state index contributed by atoms with van der Waals surface area (Å²) in [5.74, 6) is 0.0439. The number of ether oxygens (including phenoxy) is 1. The van der Waals surface area contributed by atoms with E-state index in [-0.39, 0.29) is 31.2 Å². The first-order valence-corrected chi connectivity index (χ1v) is 8.60. The highest BCUT2D eigenvalue weighted by Gasteiger charge is 2.56. The third-order valence-corrected chi connectivity index (χ3v) is 4.76. The molecule has 0 fully saturated rings. The quantitative estimate of drug-likeness (QED) is 0.493. The highest BCUT2D eigenvalue weighted by Crippen LogP contribution is 2.46. The van der Waals surface area contributed by atoms with Crippen molar-refractivity contribution in [2.45, 2.75) is 25.6 Å². The summed E-state index contributed by atoms with van der Waals surface area (Å²) in [7, 11) is 2.95. The molecule has 1 aromatic rings. The molecule has 2 bridgehead atoms. The summed E-state index contributed by atoms with van der Waals surface area (Å²) < 4.78 is 10.4. The van der Waals surface area contributed by atoms with Crippen LogP contribution < -0.4 is 0 Å². The van der Waals surface area contributed by atoms with Crippen molar-refractivity contribution in [2.24, 2.45) is 0 Å². The third kappa shape index (κ3) is 3.22. The second-order valence-electron chi connectivity index (χ2n) is 6.76. The second-order valence-corrected chi connectivity index (χ2v) is 6.76. The van der Waals surface area contributed by atoms with Crippen LogP contribution in [0.25, 0.3) is 0 Å². The Labute approximate surface area is 163 Å². The van der Waals surface area contributed by atoms with Gasteiger partial charge in [0, 0.05) is 27.7 Å². The van der Waals surface area contributed by atoms with Gasteiger partial charge in [-0.05, 0) is 32.1 Å². The van der Waals surface area contributed by atoms with E-state index in [1.165, 1.54) is 26.2 Å². The minimum atomic E-state index is -0.669. The van der Waals surface area contributed by atoms with E-state index in [9.17, 15) is 19.2 Å². The SMILES string of the molecule is CN1C(=O)C2=C(C1=O)C1(C)C=CC2O1.CN1C(=O)C=CC1=O.Cc1ccco1.[2HH]. The molecule has 1 aromatic heterocycles. The van der Waals surface area contributed by atoms with Crippen molar-refractivity contribution < 1.29 is 29.8 Å². The van der Waals surface area contributed by atoms with Crippen LogP contribution in [0.15, 0.2) is 58.3 Å². The molecule has 28 heavy (non-hydrogen) atoms. The van der Waals surface area contributed by atoms with Gasteiger partial charge < -0.3 is 9.15 Å². The number of furan rings is 1. The van der Waals surface area contributed by atoms with Gasteiger partial charge in [-0.2, -0.15) is 0 Å². The number of carbonyl (C=O) groups is 4. The smallest absolute Gasteiger partial charge is 0.260 e. The lowest BCUT2D eigenvalue weighted by Gasteiger charge is -2.20. The first-order valence-electron chi connectivity index (χ1n) is 8.60. The van der Waals surface area contributed by atoms with Gasteiger partial charge in [-0.1, -0.05) is 6.08 Å². The van der Waals surface area contributed by atoms with Crippen LogP contribution in [-0.4, -0.2) is 59.2 Å². The molecule has 0 saturated carbocycles. The zero-order valence-corrected chi connectivity index (χ0v) is 16.0. The van der Waals surface area contributed by atoms with Gasteiger partial charge in [-0.15, -0.1) is 0 Å². The van der Waals surface area contributed by atoms with E-state index >= 15 is 0 Å². The largest absolute Gasteiger partial charge is 0.470 e. The van der Waals surface area contributed by atoms with Crippen LogP contribution in [0, 0.1) is 6.92 Å². The average molecular weight is 387 g/mol. The van der Waals surface area contributed by atoms with Gasteiger partial charge in [0.25, 0.3) is 23.6 Å². The third-order valence-electron chi connectivity index (χ3n) is 4.76. The van der Waals surface area contributed by atoms with Gasteiger partial charge in [-0.3, -0.25) is 29.0 Å².